The Morgan fingerprint density at radius 3 is 2.10 bits per heavy atom. The molecule has 0 aliphatic rings. The Balaban J connectivity index is 1.85. The van der Waals surface area contributed by atoms with Crippen molar-refractivity contribution in [1.82, 2.24) is 4.90 Å². The highest BCUT2D eigenvalue weighted by Gasteiger charge is 2.17. The quantitative estimate of drug-likeness (QED) is 0.286. The molecule has 0 unspecified atom stereocenters. The zero-order chi connectivity index (χ0) is 21.5. The lowest BCUT2D eigenvalue weighted by molar-refractivity contribution is -0.110. The highest BCUT2D eigenvalue weighted by atomic mass is 35.5. The van der Waals surface area contributed by atoms with Crippen LogP contribution in [0.3, 0.4) is 0 Å². The van der Waals surface area contributed by atoms with Gasteiger partial charge in [0.1, 0.15) is 0 Å². The minimum absolute atomic E-state index is 0.0998. The van der Waals surface area contributed by atoms with Crippen LogP contribution in [-0.4, -0.2) is 24.3 Å². The SMILES string of the molecule is C=C(CN(C)Cc1ccccc1)C(=O)/C(=C/c1cc(Cl)cc(Cl)c1)c1ccccc1. The van der Waals surface area contributed by atoms with Crippen molar-refractivity contribution in [3.05, 3.63) is 118 Å². The normalized spacial score (nSPS) is 11.5. The third kappa shape index (κ3) is 6.17. The van der Waals surface area contributed by atoms with Crippen LogP contribution in [0.2, 0.25) is 10.0 Å². The zero-order valence-corrected chi connectivity index (χ0v) is 18.3. The Bertz CT molecular complexity index is 1040. The summed E-state index contributed by atoms with van der Waals surface area (Å²) in [4.78, 5) is 15.4. The smallest absolute Gasteiger partial charge is 0.190 e. The minimum Gasteiger partial charge on any atom is -0.298 e. The van der Waals surface area contributed by atoms with Gasteiger partial charge >= 0.3 is 0 Å². The zero-order valence-electron chi connectivity index (χ0n) is 16.8. The van der Waals surface area contributed by atoms with Crippen molar-refractivity contribution in [2.75, 3.05) is 13.6 Å². The van der Waals surface area contributed by atoms with Gasteiger partial charge in [0.25, 0.3) is 0 Å². The van der Waals surface area contributed by atoms with Crippen LogP contribution in [0.1, 0.15) is 16.7 Å². The molecular formula is C26H23Cl2NO. The summed E-state index contributed by atoms with van der Waals surface area (Å²) in [6.45, 7) is 5.28. The number of carbonyl (C=O) groups excluding carboxylic acids is 1. The molecule has 0 atom stereocenters. The minimum atomic E-state index is -0.0998. The van der Waals surface area contributed by atoms with Crippen molar-refractivity contribution in [3.63, 3.8) is 0 Å². The molecule has 0 aliphatic carbocycles. The van der Waals surface area contributed by atoms with Crippen LogP contribution in [0.25, 0.3) is 11.6 Å². The number of carbonyl (C=O) groups is 1. The Kier molecular flexibility index (Phi) is 7.64. The molecule has 0 aromatic heterocycles. The molecule has 0 amide bonds. The first kappa shape index (κ1) is 22.0. The third-order valence-corrected chi connectivity index (χ3v) is 5.04. The van der Waals surface area contributed by atoms with Crippen LogP contribution < -0.4 is 0 Å². The molecule has 0 heterocycles. The summed E-state index contributed by atoms with van der Waals surface area (Å²) in [5.41, 5.74) is 3.87. The Labute approximate surface area is 188 Å². The summed E-state index contributed by atoms with van der Waals surface area (Å²) in [6.07, 6.45) is 1.82. The van der Waals surface area contributed by atoms with Gasteiger partial charge in [-0.3, -0.25) is 9.69 Å². The molecule has 0 bridgehead atoms. The number of likely N-dealkylation sites (N-methyl/N-ethyl adjacent to an activating group) is 1. The fraction of sp³-hybridized carbons (Fsp3) is 0.115. The number of benzene rings is 3. The maximum atomic E-state index is 13.3. The van der Waals surface area contributed by atoms with Crippen LogP contribution in [0.4, 0.5) is 0 Å². The second-order valence-electron chi connectivity index (χ2n) is 7.22. The lowest BCUT2D eigenvalue weighted by atomic mass is 9.95. The molecule has 0 radical (unpaired) electrons. The molecule has 152 valence electrons. The van der Waals surface area contributed by atoms with Gasteiger partial charge in [-0.1, -0.05) is 90.4 Å². The molecule has 0 N–H and O–H groups in total. The summed E-state index contributed by atoms with van der Waals surface area (Å²) < 4.78 is 0. The van der Waals surface area contributed by atoms with E-state index in [0.717, 1.165) is 17.7 Å². The van der Waals surface area contributed by atoms with Gasteiger partial charge in [0.05, 0.1) is 0 Å². The van der Waals surface area contributed by atoms with Crippen molar-refractivity contribution in [2.45, 2.75) is 6.54 Å². The fourth-order valence-corrected chi connectivity index (χ4v) is 3.80. The predicted octanol–water partition coefficient (Wildman–Crippen LogP) is 6.79. The van der Waals surface area contributed by atoms with Crippen LogP contribution in [0.15, 0.2) is 91.0 Å². The molecule has 0 spiro atoms. The highest BCUT2D eigenvalue weighted by molar-refractivity contribution is 6.35. The number of halogens is 2. The van der Waals surface area contributed by atoms with Gasteiger partial charge in [-0.2, -0.15) is 0 Å². The summed E-state index contributed by atoms with van der Waals surface area (Å²) >= 11 is 12.3. The number of hydrogen-bond donors (Lipinski definition) is 0. The number of allylic oxidation sites excluding steroid dienone is 1. The second-order valence-corrected chi connectivity index (χ2v) is 8.09. The van der Waals surface area contributed by atoms with Crippen LogP contribution in [0.5, 0.6) is 0 Å². The maximum absolute atomic E-state index is 13.3. The van der Waals surface area contributed by atoms with Crippen LogP contribution in [0, 0.1) is 0 Å². The molecule has 3 aromatic rings. The standard InChI is InChI=1S/C26H23Cl2NO/c1-19(17-29(2)18-20-9-5-3-6-10-20)26(30)25(22-11-7-4-8-12-22)15-21-13-23(27)16-24(28)14-21/h3-16H,1,17-18H2,2H3/b25-15+. The third-order valence-electron chi connectivity index (χ3n) is 4.60. The lowest BCUT2D eigenvalue weighted by Gasteiger charge is -2.18. The van der Waals surface area contributed by atoms with E-state index in [9.17, 15) is 4.79 Å². The first-order chi connectivity index (χ1) is 14.4. The largest absolute Gasteiger partial charge is 0.298 e. The van der Waals surface area contributed by atoms with Gasteiger partial charge in [-0.25, -0.2) is 0 Å². The van der Waals surface area contributed by atoms with Crippen molar-refractivity contribution in [1.29, 1.82) is 0 Å². The summed E-state index contributed by atoms with van der Waals surface area (Å²) in [7, 11) is 1.98. The van der Waals surface area contributed by atoms with Gasteiger partial charge in [-0.05, 0) is 48.0 Å². The molecule has 30 heavy (non-hydrogen) atoms. The molecule has 4 heteroatoms. The summed E-state index contributed by atoms with van der Waals surface area (Å²) in [5, 5.41) is 1.05. The number of nitrogens with zero attached hydrogens (tertiary/aromatic N) is 1. The Morgan fingerprint density at radius 1 is 0.933 bits per heavy atom. The summed E-state index contributed by atoms with van der Waals surface area (Å²) in [6, 6.07) is 25.0. The van der Waals surface area contributed by atoms with Crippen molar-refractivity contribution >= 4 is 40.6 Å². The van der Waals surface area contributed by atoms with E-state index in [0.29, 0.717) is 27.7 Å². The van der Waals surface area contributed by atoms with Gasteiger partial charge < -0.3 is 0 Å². The van der Waals surface area contributed by atoms with Gasteiger partial charge in [0.2, 0.25) is 0 Å². The van der Waals surface area contributed by atoms with Gasteiger partial charge in [-0.15, -0.1) is 0 Å². The molecule has 2 nitrogen and oxygen atoms in total. The topological polar surface area (TPSA) is 20.3 Å². The first-order valence-electron chi connectivity index (χ1n) is 9.60. The highest BCUT2D eigenvalue weighted by Crippen LogP contribution is 2.26. The van der Waals surface area contributed by atoms with E-state index in [2.05, 4.69) is 23.6 Å². The van der Waals surface area contributed by atoms with E-state index >= 15 is 0 Å². The van der Waals surface area contributed by atoms with Crippen molar-refractivity contribution < 1.29 is 4.79 Å². The van der Waals surface area contributed by atoms with Crippen LogP contribution >= 0.6 is 23.2 Å². The molecule has 3 rings (SSSR count). The molecule has 0 fully saturated rings. The van der Waals surface area contributed by atoms with E-state index in [4.69, 9.17) is 23.2 Å². The molecule has 0 aliphatic heterocycles. The number of ketones is 1. The summed E-state index contributed by atoms with van der Waals surface area (Å²) in [5.74, 6) is -0.0998. The lowest BCUT2D eigenvalue weighted by Crippen LogP contribution is -2.23. The fourth-order valence-electron chi connectivity index (χ4n) is 3.26. The Morgan fingerprint density at radius 2 is 1.50 bits per heavy atom. The average molecular weight is 436 g/mol. The number of Topliss-reactive ketones (excluding diaryl/α,β-unsaturated/α-hetero) is 1. The number of rotatable bonds is 8. The van der Waals surface area contributed by atoms with Crippen LogP contribution in [-0.2, 0) is 11.3 Å². The van der Waals surface area contributed by atoms with Crippen molar-refractivity contribution in [2.24, 2.45) is 0 Å². The first-order valence-corrected chi connectivity index (χ1v) is 10.4. The number of hydrogen-bond acceptors (Lipinski definition) is 2. The van der Waals surface area contributed by atoms with E-state index in [1.165, 1.54) is 5.56 Å². The monoisotopic (exact) mass is 435 g/mol. The average Bonchev–Trinajstić information content (AvgIpc) is 2.72. The maximum Gasteiger partial charge on any atom is 0.190 e. The predicted molar refractivity (Wildman–Crippen MR) is 128 cm³/mol. The van der Waals surface area contributed by atoms with Gasteiger partial charge in [0, 0.05) is 34.3 Å². The van der Waals surface area contributed by atoms with E-state index in [-0.39, 0.29) is 5.78 Å². The molecular weight excluding hydrogens is 413 g/mol. The van der Waals surface area contributed by atoms with Crippen molar-refractivity contribution in [3.8, 4) is 0 Å². The molecule has 0 saturated carbocycles. The van der Waals surface area contributed by atoms with E-state index in [1.807, 2.05) is 61.7 Å². The Hall–Kier alpha value is -2.65. The van der Waals surface area contributed by atoms with Gasteiger partial charge in [0.15, 0.2) is 5.78 Å². The van der Waals surface area contributed by atoms with E-state index < -0.39 is 0 Å². The van der Waals surface area contributed by atoms with E-state index in [1.54, 1.807) is 18.2 Å². The molecule has 3 aromatic carbocycles. The second kappa shape index (κ2) is 10.4. The molecule has 0 saturated heterocycles.